The molecule has 0 saturated carbocycles. The molecule has 2 aromatic heterocycles. The van der Waals surface area contributed by atoms with E-state index in [1.165, 1.54) is 131 Å². The van der Waals surface area contributed by atoms with Gasteiger partial charge in [0.25, 0.3) is 0 Å². The Balaban J connectivity index is 0.000000142. The van der Waals surface area contributed by atoms with E-state index in [1.807, 2.05) is 42.5 Å². The Bertz CT molecular complexity index is 7500. The second-order valence-corrected chi connectivity index (χ2v) is 32.0. The lowest BCUT2D eigenvalue weighted by Gasteiger charge is -2.27. The van der Waals surface area contributed by atoms with Crippen molar-refractivity contribution in [1.82, 2.24) is 9.13 Å². The van der Waals surface area contributed by atoms with Crippen LogP contribution in [0.15, 0.2) is 473 Å². The highest BCUT2D eigenvalue weighted by Gasteiger charge is 2.22. The van der Waals surface area contributed by atoms with Gasteiger partial charge in [-0.3, -0.25) is 0 Å². The smallest absolute Gasteiger partial charge is 0.0541 e. The van der Waals surface area contributed by atoms with Crippen LogP contribution in [0.25, 0.3) is 153 Å². The summed E-state index contributed by atoms with van der Waals surface area (Å²) in [5.74, 6) is 0. The molecule has 582 valence electrons. The van der Waals surface area contributed by atoms with E-state index in [0.717, 1.165) is 78.0 Å². The Morgan fingerprint density at radius 3 is 0.854 bits per heavy atom. The molecule has 0 aliphatic rings. The largest absolute Gasteiger partial charge is 0.355 e. The minimum absolute atomic E-state index is 0.741. The molecule has 0 bridgehead atoms. The Morgan fingerprint density at radius 1 is 0.187 bits per heavy atom. The molecule has 123 heavy (non-hydrogen) atoms. The molecule has 1 N–H and O–H groups in total. The number of anilines is 8. The van der Waals surface area contributed by atoms with Gasteiger partial charge in [-0.05, 0) is 258 Å². The summed E-state index contributed by atoms with van der Waals surface area (Å²) in [4.78, 5) is 4.73. The van der Waals surface area contributed by atoms with Crippen molar-refractivity contribution in [3.05, 3.63) is 483 Å². The molecule has 0 spiro atoms. The number of fused-ring (bicyclic) bond motifs is 11. The summed E-state index contributed by atoms with van der Waals surface area (Å²) in [6.07, 6.45) is 0. The van der Waals surface area contributed by atoms with Gasteiger partial charge in [0.2, 0.25) is 0 Å². The maximum Gasteiger partial charge on any atom is 0.0541 e. The Hall–Kier alpha value is -15.5. The SMILES string of the molecule is Clc1ccc(-c2ccc3c(c2)c2cc(-c4ccc(Cl)cc4)ccc2n3-c2ccc3ccccc3c2)cc1.c1ccc(N(c2ccc(-c3ccc4c(c3)c3cc(-c5ccc(N(c6ccccc6)c6cccc7ccccc67)cc5)ccc3n4-c3ccc4ccccc4c3)cc2)c2cccc3ccccc23)cc1.c1ccc(Nc2cccc3ccccc23)cc1. The number of halogens is 2. The van der Waals surface area contributed by atoms with Gasteiger partial charge in [-0.1, -0.05) is 320 Å². The number of rotatable bonds is 14. The maximum absolute atomic E-state index is 6.16. The number of aromatic nitrogens is 2. The summed E-state index contributed by atoms with van der Waals surface area (Å²) in [6.45, 7) is 0. The standard InChI is InChI=1S/C66H45N3.C34H21Cl2N.C16H13N/c1-3-21-54(22-4-1)67(63-27-13-19-49-16-9-11-25-59(49)63)56-36-29-47(30-37-56)52-34-41-65-61(44-52)62-45-53(35-42-66(62)69(65)58-40-33-46-15-7-8-18-51(46)43-58)48-31-38-57(39-32-48)68(55-23-5-2-6-24-55)64-28-14-20-50-17-10-12-26-60(50)64;35-28-12-5-23(6-13-28)26-10-17-33-31(20-26)32-21-27(24-7-14-29(36)15-8-24)11-18-34(32)37(33)30-16-9-22-3-1-2-4-25(22)19-30;1-2-9-14(10-3-1)17-16-12-6-8-13-7-4-5-11-15(13)16/h1-45H;1-21H;1-12,17H. The van der Waals surface area contributed by atoms with Crippen LogP contribution in [0, 0.1) is 0 Å². The molecule has 0 unspecified atom stereocenters. The number of benzene rings is 21. The predicted molar refractivity (Wildman–Crippen MR) is 526 cm³/mol. The van der Waals surface area contributed by atoms with Gasteiger partial charge in [-0.2, -0.15) is 0 Å². The highest BCUT2D eigenvalue weighted by atomic mass is 35.5. The van der Waals surface area contributed by atoms with Crippen LogP contribution >= 0.6 is 23.2 Å². The third-order valence-corrected chi connectivity index (χ3v) is 24.2. The van der Waals surface area contributed by atoms with E-state index in [2.05, 4.69) is 455 Å². The number of hydrogen-bond acceptors (Lipinski definition) is 3. The maximum atomic E-state index is 6.16. The normalized spacial score (nSPS) is 11.3. The van der Waals surface area contributed by atoms with Crippen LogP contribution in [0.5, 0.6) is 0 Å². The van der Waals surface area contributed by atoms with Crippen molar-refractivity contribution < 1.29 is 0 Å². The van der Waals surface area contributed by atoms with E-state index < -0.39 is 0 Å². The molecule has 21 aromatic carbocycles. The van der Waals surface area contributed by atoms with E-state index in [1.54, 1.807) is 0 Å². The zero-order valence-corrected chi connectivity index (χ0v) is 68.6. The quantitative estimate of drug-likeness (QED) is 0.118. The van der Waals surface area contributed by atoms with Crippen molar-refractivity contribution in [2.75, 3.05) is 15.1 Å². The first kappa shape index (κ1) is 75.0. The summed E-state index contributed by atoms with van der Waals surface area (Å²) >= 11 is 12.3. The summed E-state index contributed by atoms with van der Waals surface area (Å²) in [6, 6.07) is 169. The lowest BCUT2D eigenvalue weighted by molar-refractivity contribution is 1.19. The molecule has 7 heteroatoms. The minimum atomic E-state index is 0.741. The zero-order chi connectivity index (χ0) is 82.1. The second-order valence-electron chi connectivity index (χ2n) is 31.1. The fraction of sp³-hybridized carbons (Fsp3) is 0. The molecule has 0 radical (unpaired) electrons. The van der Waals surface area contributed by atoms with Gasteiger partial charge >= 0.3 is 0 Å². The minimum Gasteiger partial charge on any atom is -0.355 e. The van der Waals surface area contributed by atoms with Crippen molar-refractivity contribution in [3.63, 3.8) is 0 Å². The van der Waals surface area contributed by atoms with Crippen molar-refractivity contribution in [2.45, 2.75) is 0 Å². The molecule has 0 saturated heterocycles. The van der Waals surface area contributed by atoms with Crippen molar-refractivity contribution in [3.8, 4) is 55.9 Å². The molecule has 5 nitrogen and oxygen atoms in total. The van der Waals surface area contributed by atoms with E-state index in [9.17, 15) is 0 Å². The van der Waals surface area contributed by atoms with E-state index >= 15 is 0 Å². The molecule has 23 rings (SSSR count). The monoisotopic (exact) mass is 1610 g/mol. The van der Waals surface area contributed by atoms with Crippen molar-refractivity contribution in [1.29, 1.82) is 0 Å². The van der Waals surface area contributed by atoms with Crippen LogP contribution in [0.4, 0.5) is 45.5 Å². The van der Waals surface area contributed by atoms with Gasteiger partial charge in [0.15, 0.2) is 0 Å². The predicted octanol–water partition coefficient (Wildman–Crippen LogP) is 33.7. The molecule has 0 atom stereocenters. The average molecular weight is 1610 g/mol. The Kier molecular flexibility index (Phi) is 20.1. The Morgan fingerprint density at radius 2 is 0.472 bits per heavy atom. The zero-order valence-electron chi connectivity index (χ0n) is 67.1. The van der Waals surface area contributed by atoms with Gasteiger partial charge in [-0.15, -0.1) is 0 Å². The van der Waals surface area contributed by atoms with E-state index in [0.29, 0.717) is 0 Å². The van der Waals surface area contributed by atoms with Gasteiger partial charge in [-0.25, -0.2) is 0 Å². The average Bonchev–Trinajstić information content (AvgIpc) is 1.58. The van der Waals surface area contributed by atoms with Gasteiger partial charge in [0, 0.05) is 93.2 Å². The van der Waals surface area contributed by atoms with Crippen molar-refractivity contribution in [2.24, 2.45) is 0 Å². The molecule has 0 amide bonds. The van der Waals surface area contributed by atoms with E-state index in [4.69, 9.17) is 23.2 Å². The molecular formula is C116H79Cl2N5. The number of hydrogen-bond donors (Lipinski definition) is 1. The first-order valence-electron chi connectivity index (χ1n) is 41.6. The van der Waals surface area contributed by atoms with Gasteiger partial charge in [0.05, 0.1) is 33.4 Å². The summed E-state index contributed by atoms with van der Waals surface area (Å²) in [7, 11) is 0. The lowest BCUT2D eigenvalue weighted by atomic mass is 9.99. The third-order valence-electron chi connectivity index (χ3n) is 23.7. The third kappa shape index (κ3) is 14.9. The number of nitrogens with zero attached hydrogens (tertiary/aromatic N) is 4. The lowest BCUT2D eigenvalue weighted by Crippen LogP contribution is -2.10. The molecule has 0 aliphatic carbocycles. The first-order chi connectivity index (χ1) is 60.8. The first-order valence-corrected chi connectivity index (χ1v) is 42.4. The molecule has 0 aliphatic heterocycles. The highest BCUT2D eigenvalue weighted by molar-refractivity contribution is 6.31. The highest BCUT2D eigenvalue weighted by Crippen LogP contribution is 2.46. The molecule has 23 aromatic rings. The molecule has 0 fully saturated rings. The fourth-order valence-corrected chi connectivity index (χ4v) is 17.9. The number of nitrogens with one attached hydrogen (secondary N) is 1. The van der Waals surface area contributed by atoms with Gasteiger partial charge < -0.3 is 24.3 Å². The van der Waals surface area contributed by atoms with Crippen LogP contribution in [-0.2, 0) is 0 Å². The van der Waals surface area contributed by atoms with Crippen LogP contribution in [0.2, 0.25) is 10.0 Å². The number of para-hydroxylation sites is 3. The van der Waals surface area contributed by atoms with Gasteiger partial charge in [0.1, 0.15) is 0 Å². The van der Waals surface area contributed by atoms with E-state index in [-0.39, 0.29) is 0 Å². The van der Waals surface area contributed by atoms with Crippen molar-refractivity contribution >= 4 is 166 Å². The Labute approximate surface area is 724 Å². The second kappa shape index (κ2) is 33.0. The van der Waals surface area contributed by atoms with Crippen LogP contribution in [0.3, 0.4) is 0 Å². The van der Waals surface area contributed by atoms with Crippen LogP contribution < -0.4 is 15.1 Å². The summed E-state index contributed by atoms with van der Waals surface area (Å²) in [5.41, 5.74) is 25.3. The summed E-state index contributed by atoms with van der Waals surface area (Å²) in [5, 5.41) is 22.1. The molecular weight excluding hydrogens is 1530 g/mol. The van der Waals surface area contributed by atoms with Crippen LogP contribution in [-0.4, -0.2) is 9.13 Å². The topological polar surface area (TPSA) is 28.4 Å². The van der Waals surface area contributed by atoms with Crippen LogP contribution in [0.1, 0.15) is 0 Å². The fourth-order valence-electron chi connectivity index (χ4n) is 17.7. The summed E-state index contributed by atoms with van der Waals surface area (Å²) < 4.78 is 4.80. The molecule has 2 heterocycles.